The van der Waals surface area contributed by atoms with Crippen LogP contribution in [-0.4, -0.2) is 16.1 Å². The van der Waals surface area contributed by atoms with Crippen LogP contribution in [0.3, 0.4) is 0 Å². The maximum atomic E-state index is 13.5. The van der Waals surface area contributed by atoms with E-state index in [-0.39, 0.29) is 15.8 Å². The molecule has 0 bridgehead atoms. The van der Waals surface area contributed by atoms with Crippen LogP contribution in [0.4, 0.5) is 14.7 Å². The molecule has 0 aliphatic carbocycles. The lowest BCUT2D eigenvalue weighted by Crippen LogP contribution is -2.13. The van der Waals surface area contributed by atoms with Gasteiger partial charge in [0, 0.05) is 4.47 Å². The first-order valence-corrected chi connectivity index (χ1v) is 6.02. The highest BCUT2D eigenvalue weighted by Crippen LogP contribution is 2.19. The second kappa shape index (κ2) is 4.76. The number of anilines is 2. The largest absolute Gasteiger partial charge is 0.374 e. The van der Waals surface area contributed by atoms with E-state index in [0.29, 0.717) is 4.47 Å². The molecule has 1 aromatic carbocycles. The average molecular weight is 317 g/mol. The van der Waals surface area contributed by atoms with Crippen molar-refractivity contribution < 1.29 is 9.18 Å². The summed E-state index contributed by atoms with van der Waals surface area (Å²) in [5, 5.41) is 10.0. The Kier molecular flexibility index (Phi) is 3.34. The van der Waals surface area contributed by atoms with Crippen LogP contribution in [0, 0.1) is 5.82 Å². The molecule has 0 fully saturated rings. The van der Waals surface area contributed by atoms with Gasteiger partial charge in [-0.15, -0.1) is 10.2 Å². The number of hydrogen-bond acceptors (Lipinski definition) is 5. The molecule has 2 rings (SSSR count). The highest BCUT2D eigenvalue weighted by atomic mass is 79.9. The molecule has 88 valence electrons. The van der Waals surface area contributed by atoms with E-state index in [4.69, 9.17) is 5.73 Å². The number of carbonyl (C=O) groups excluding carboxylic acids is 1. The Morgan fingerprint density at radius 3 is 2.82 bits per heavy atom. The molecule has 3 N–H and O–H groups in total. The van der Waals surface area contributed by atoms with E-state index >= 15 is 0 Å². The quantitative estimate of drug-likeness (QED) is 0.890. The van der Waals surface area contributed by atoms with Crippen molar-refractivity contribution in [3.05, 3.63) is 34.1 Å². The van der Waals surface area contributed by atoms with Gasteiger partial charge in [-0.25, -0.2) is 4.39 Å². The standard InChI is InChI=1S/C9H6BrFN4OS/c10-4-1-2-5(6(11)3-4)7(16)13-9-15-14-8(12)17-9/h1-3H,(H2,12,14)(H,13,15,16). The molecule has 17 heavy (non-hydrogen) atoms. The van der Waals surface area contributed by atoms with Crippen LogP contribution >= 0.6 is 27.3 Å². The van der Waals surface area contributed by atoms with Gasteiger partial charge in [0.05, 0.1) is 5.56 Å². The molecule has 0 aliphatic heterocycles. The molecule has 0 saturated heterocycles. The third-order valence-corrected chi connectivity index (χ3v) is 3.00. The van der Waals surface area contributed by atoms with Crippen LogP contribution in [0.1, 0.15) is 10.4 Å². The lowest BCUT2D eigenvalue weighted by molar-refractivity contribution is 0.102. The minimum absolute atomic E-state index is 0.0676. The van der Waals surface area contributed by atoms with Crippen LogP contribution in [0.25, 0.3) is 0 Å². The first-order chi connectivity index (χ1) is 8.06. The van der Waals surface area contributed by atoms with Gasteiger partial charge < -0.3 is 5.73 Å². The van der Waals surface area contributed by atoms with Gasteiger partial charge in [0.2, 0.25) is 10.3 Å². The van der Waals surface area contributed by atoms with Gasteiger partial charge in [-0.3, -0.25) is 10.1 Å². The topological polar surface area (TPSA) is 80.9 Å². The van der Waals surface area contributed by atoms with Crippen molar-refractivity contribution in [3.8, 4) is 0 Å². The number of nitrogens with two attached hydrogens (primary N) is 1. The molecule has 2 aromatic rings. The third-order valence-electron chi connectivity index (χ3n) is 1.84. The molecule has 1 amide bonds. The normalized spacial score (nSPS) is 10.2. The molecular weight excluding hydrogens is 311 g/mol. The molecule has 0 spiro atoms. The first-order valence-electron chi connectivity index (χ1n) is 4.41. The van der Waals surface area contributed by atoms with Crippen molar-refractivity contribution in [1.82, 2.24) is 10.2 Å². The lowest BCUT2D eigenvalue weighted by Gasteiger charge is -2.02. The van der Waals surface area contributed by atoms with Gasteiger partial charge in [-0.05, 0) is 18.2 Å². The Labute approximate surface area is 108 Å². The van der Waals surface area contributed by atoms with Gasteiger partial charge in [-0.1, -0.05) is 27.3 Å². The third kappa shape index (κ3) is 2.77. The van der Waals surface area contributed by atoms with Crippen molar-refractivity contribution in [1.29, 1.82) is 0 Å². The second-order valence-corrected chi connectivity index (χ2v) is 4.95. The zero-order chi connectivity index (χ0) is 12.4. The summed E-state index contributed by atoms with van der Waals surface area (Å²) in [6.45, 7) is 0. The van der Waals surface area contributed by atoms with E-state index in [9.17, 15) is 9.18 Å². The predicted molar refractivity (Wildman–Crippen MR) is 66.4 cm³/mol. The van der Waals surface area contributed by atoms with E-state index in [0.717, 1.165) is 11.3 Å². The van der Waals surface area contributed by atoms with Crippen LogP contribution < -0.4 is 11.1 Å². The number of nitrogen functional groups attached to an aromatic ring is 1. The van der Waals surface area contributed by atoms with Crippen molar-refractivity contribution in [2.75, 3.05) is 11.1 Å². The van der Waals surface area contributed by atoms with E-state index in [1.165, 1.54) is 12.1 Å². The fourth-order valence-corrected chi connectivity index (χ4v) is 1.96. The lowest BCUT2D eigenvalue weighted by atomic mass is 10.2. The number of nitrogens with one attached hydrogen (secondary N) is 1. The van der Waals surface area contributed by atoms with E-state index in [1.807, 2.05) is 0 Å². The maximum absolute atomic E-state index is 13.5. The molecular formula is C9H6BrFN4OS. The van der Waals surface area contributed by atoms with Gasteiger partial charge in [0.15, 0.2) is 0 Å². The summed E-state index contributed by atoms with van der Waals surface area (Å²) in [7, 11) is 0. The van der Waals surface area contributed by atoms with Crippen LogP contribution in [-0.2, 0) is 0 Å². The van der Waals surface area contributed by atoms with E-state index in [2.05, 4.69) is 31.4 Å². The maximum Gasteiger partial charge on any atom is 0.260 e. The number of hydrogen-bond donors (Lipinski definition) is 2. The Hall–Kier alpha value is -1.54. The molecule has 0 atom stereocenters. The predicted octanol–water partition coefficient (Wildman–Crippen LogP) is 2.27. The van der Waals surface area contributed by atoms with E-state index < -0.39 is 11.7 Å². The summed E-state index contributed by atoms with van der Waals surface area (Å²) >= 11 is 4.12. The number of benzene rings is 1. The van der Waals surface area contributed by atoms with Crippen LogP contribution in [0.5, 0.6) is 0 Å². The minimum Gasteiger partial charge on any atom is -0.374 e. The van der Waals surface area contributed by atoms with Crippen LogP contribution in [0.15, 0.2) is 22.7 Å². The summed E-state index contributed by atoms with van der Waals surface area (Å²) < 4.78 is 14.0. The average Bonchev–Trinajstić information content (AvgIpc) is 2.63. The minimum atomic E-state index is -0.616. The SMILES string of the molecule is Nc1nnc(NC(=O)c2ccc(Br)cc2F)s1. The Morgan fingerprint density at radius 2 is 2.24 bits per heavy atom. The van der Waals surface area contributed by atoms with Gasteiger partial charge in [-0.2, -0.15) is 0 Å². The van der Waals surface area contributed by atoms with Gasteiger partial charge in [0.1, 0.15) is 5.82 Å². The molecule has 1 aromatic heterocycles. The summed E-state index contributed by atoms with van der Waals surface area (Å²) in [4.78, 5) is 11.7. The van der Waals surface area contributed by atoms with Crippen molar-refractivity contribution >= 4 is 43.4 Å². The Morgan fingerprint density at radius 1 is 1.47 bits per heavy atom. The molecule has 0 unspecified atom stereocenters. The van der Waals surface area contributed by atoms with Gasteiger partial charge in [0.25, 0.3) is 5.91 Å². The zero-order valence-electron chi connectivity index (χ0n) is 8.28. The number of rotatable bonds is 2. The van der Waals surface area contributed by atoms with Gasteiger partial charge >= 0.3 is 0 Å². The van der Waals surface area contributed by atoms with Crippen LogP contribution in [0.2, 0.25) is 0 Å². The molecule has 0 saturated carbocycles. The summed E-state index contributed by atoms with van der Waals surface area (Å²) in [5.41, 5.74) is 5.29. The van der Waals surface area contributed by atoms with Crippen molar-refractivity contribution in [3.63, 3.8) is 0 Å². The Balaban J connectivity index is 2.20. The molecule has 5 nitrogen and oxygen atoms in total. The number of nitrogens with zero attached hydrogens (tertiary/aromatic N) is 2. The van der Waals surface area contributed by atoms with Crippen molar-refractivity contribution in [2.24, 2.45) is 0 Å². The number of carbonyl (C=O) groups is 1. The number of halogens is 2. The monoisotopic (exact) mass is 316 g/mol. The van der Waals surface area contributed by atoms with E-state index in [1.54, 1.807) is 6.07 Å². The van der Waals surface area contributed by atoms with Crippen molar-refractivity contribution in [2.45, 2.75) is 0 Å². The fourth-order valence-electron chi connectivity index (χ4n) is 1.12. The summed E-state index contributed by atoms with van der Waals surface area (Å²) in [6, 6.07) is 4.16. The molecule has 8 heteroatoms. The highest BCUT2D eigenvalue weighted by Gasteiger charge is 2.13. The second-order valence-electron chi connectivity index (χ2n) is 3.02. The first kappa shape index (κ1) is 11.9. The number of aromatic nitrogens is 2. The highest BCUT2D eigenvalue weighted by molar-refractivity contribution is 9.10. The summed E-state index contributed by atoms with van der Waals surface area (Å²) in [6.07, 6.45) is 0. The molecule has 0 radical (unpaired) electrons. The summed E-state index contributed by atoms with van der Waals surface area (Å²) in [5.74, 6) is -1.21. The smallest absolute Gasteiger partial charge is 0.260 e. The molecule has 0 aliphatic rings. The zero-order valence-corrected chi connectivity index (χ0v) is 10.7. The Bertz CT molecular complexity index is 574. The fraction of sp³-hybridized carbons (Fsp3) is 0. The molecule has 1 heterocycles. The number of amides is 1.